The molecule has 0 aliphatic heterocycles. The highest BCUT2D eigenvalue weighted by atomic mass is 19.1. The number of aromatic nitrogens is 2. The molecule has 0 fully saturated rings. The Kier molecular flexibility index (Phi) is 14.0. The van der Waals surface area contributed by atoms with E-state index in [-0.39, 0.29) is 18.1 Å². The predicted octanol–water partition coefficient (Wildman–Crippen LogP) is 5.49. The predicted molar refractivity (Wildman–Crippen MR) is 147 cm³/mol. The van der Waals surface area contributed by atoms with Gasteiger partial charge in [-0.15, -0.1) is 0 Å². The molecule has 186 valence electrons. The van der Waals surface area contributed by atoms with E-state index in [0.717, 1.165) is 46.7 Å². The molecule has 0 saturated heterocycles. The minimum absolute atomic E-state index is 0.168. The van der Waals surface area contributed by atoms with Gasteiger partial charge in [-0.25, -0.2) is 9.38 Å². The van der Waals surface area contributed by atoms with E-state index < -0.39 is 0 Å². The Morgan fingerprint density at radius 1 is 1.20 bits per heavy atom. The maximum atomic E-state index is 13.8. The maximum Gasteiger partial charge on any atom is 0.159 e. The van der Waals surface area contributed by atoms with Crippen LogP contribution in [0.15, 0.2) is 81.6 Å². The molecular weight excluding hydrogens is 441 g/mol. The standard InChI is InChI=1S/C19H22FN5.C8H14N2/c1-5-17(20)19(25-12-21-4)24-11-15-8-13(2)18(23-10-15)16-6-7-22-14(3)9-16;1-4-5-8(10-3)6-7-9-2/h6-10,12,24H,4-5,11H2,1-3H3;4-5,9H,1,3,6-7H2,2H3/b19-17+,25-12-;8-5-. The number of rotatable bonds is 12. The van der Waals surface area contributed by atoms with Crippen molar-refractivity contribution in [3.05, 3.63) is 83.5 Å². The van der Waals surface area contributed by atoms with Crippen molar-refractivity contribution in [1.82, 2.24) is 20.6 Å². The lowest BCUT2D eigenvalue weighted by Crippen LogP contribution is -2.13. The molecule has 0 spiro atoms. The summed E-state index contributed by atoms with van der Waals surface area (Å²) in [6, 6.07) is 5.97. The molecule has 0 aliphatic rings. The molecule has 2 aromatic rings. The number of halogens is 1. The summed E-state index contributed by atoms with van der Waals surface area (Å²) >= 11 is 0. The van der Waals surface area contributed by atoms with E-state index in [2.05, 4.69) is 55.6 Å². The third-order valence-corrected chi connectivity index (χ3v) is 4.75. The molecule has 0 aliphatic carbocycles. The quantitative estimate of drug-likeness (QED) is 0.240. The number of aliphatic imine (C=N–C) groups is 3. The smallest absolute Gasteiger partial charge is 0.159 e. The molecule has 2 aromatic heterocycles. The van der Waals surface area contributed by atoms with Crippen molar-refractivity contribution < 1.29 is 4.39 Å². The summed E-state index contributed by atoms with van der Waals surface area (Å²) in [6.45, 7) is 17.3. The number of aryl methyl sites for hydroxylation is 2. The zero-order valence-electron chi connectivity index (χ0n) is 21.2. The minimum Gasteiger partial charge on any atom is -0.364 e. The Morgan fingerprint density at radius 2 is 1.97 bits per heavy atom. The van der Waals surface area contributed by atoms with Crippen LogP contribution < -0.4 is 10.6 Å². The monoisotopic (exact) mass is 477 g/mol. The average Bonchev–Trinajstić information content (AvgIpc) is 2.86. The molecule has 0 amide bonds. The summed E-state index contributed by atoms with van der Waals surface area (Å²) in [6.07, 6.45) is 9.53. The highest BCUT2D eigenvalue weighted by Crippen LogP contribution is 2.22. The van der Waals surface area contributed by atoms with Crippen LogP contribution in [0.5, 0.6) is 0 Å². The van der Waals surface area contributed by atoms with E-state index in [1.165, 1.54) is 6.34 Å². The number of hydrogen-bond acceptors (Lipinski definition) is 6. The second-order valence-corrected chi connectivity index (χ2v) is 7.49. The number of nitrogens with one attached hydrogen (secondary N) is 2. The summed E-state index contributed by atoms with van der Waals surface area (Å²) < 4.78 is 13.8. The van der Waals surface area contributed by atoms with Crippen LogP contribution in [0.1, 0.15) is 36.6 Å². The van der Waals surface area contributed by atoms with Gasteiger partial charge < -0.3 is 10.6 Å². The largest absolute Gasteiger partial charge is 0.364 e. The third-order valence-electron chi connectivity index (χ3n) is 4.75. The Hall–Kier alpha value is -3.78. The van der Waals surface area contributed by atoms with Gasteiger partial charge >= 0.3 is 0 Å². The normalized spacial score (nSPS) is 11.9. The number of nitrogens with zero attached hydrogens (tertiary/aromatic N) is 5. The lowest BCUT2D eigenvalue weighted by atomic mass is 10.1. The van der Waals surface area contributed by atoms with E-state index >= 15 is 0 Å². The molecule has 0 aromatic carbocycles. The van der Waals surface area contributed by atoms with Crippen molar-refractivity contribution in [3.8, 4) is 11.3 Å². The molecule has 0 bridgehead atoms. The van der Waals surface area contributed by atoms with E-state index in [1.807, 2.05) is 45.2 Å². The van der Waals surface area contributed by atoms with E-state index in [0.29, 0.717) is 6.54 Å². The van der Waals surface area contributed by atoms with Crippen molar-refractivity contribution in [1.29, 1.82) is 0 Å². The van der Waals surface area contributed by atoms with Crippen LogP contribution in [0.2, 0.25) is 0 Å². The van der Waals surface area contributed by atoms with Crippen LogP contribution in [0.3, 0.4) is 0 Å². The summed E-state index contributed by atoms with van der Waals surface area (Å²) in [5.41, 5.74) is 5.85. The van der Waals surface area contributed by atoms with Gasteiger partial charge in [-0.1, -0.05) is 25.6 Å². The zero-order valence-corrected chi connectivity index (χ0v) is 21.2. The van der Waals surface area contributed by atoms with Gasteiger partial charge in [0, 0.05) is 55.3 Å². The van der Waals surface area contributed by atoms with Crippen LogP contribution in [0.4, 0.5) is 4.39 Å². The second kappa shape index (κ2) is 16.8. The molecule has 35 heavy (non-hydrogen) atoms. The van der Waals surface area contributed by atoms with Crippen LogP contribution >= 0.6 is 0 Å². The molecule has 0 atom stereocenters. The fourth-order valence-corrected chi connectivity index (χ4v) is 2.99. The summed E-state index contributed by atoms with van der Waals surface area (Å²) in [5.74, 6) is -0.158. The Labute approximate surface area is 208 Å². The zero-order chi connectivity index (χ0) is 26.1. The summed E-state index contributed by atoms with van der Waals surface area (Å²) in [5, 5.41) is 6.01. The SMILES string of the molecule is C=C/C=C(/CCNC)N=C.C=N/C=N\C(NCc1cnc(-c2ccnc(C)c2)c(C)c1)=C(\F)CC. The van der Waals surface area contributed by atoms with Crippen molar-refractivity contribution in [2.45, 2.75) is 40.2 Å². The van der Waals surface area contributed by atoms with Crippen molar-refractivity contribution in [3.63, 3.8) is 0 Å². The van der Waals surface area contributed by atoms with E-state index in [4.69, 9.17) is 0 Å². The van der Waals surface area contributed by atoms with Gasteiger partial charge in [0.05, 0.1) is 5.69 Å². The molecule has 0 radical (unpaired) electrons. The highest BCUT2D eigenvalue weighted by Gasteiger charge is 2.07. The number of allylic oxidation sites excluding steroid dienone is 3. The maximum absolute atomic E-state index is 13.8. The van der Waals surface area contributed by atoms with Gasteiger partial charge in [-0.3, -0.25) is 20.0 Å². The Balaban J connectivity index is 0.000000518. The lowest BCUT2D eigenvalue weighted by Gasteiger charge is -2.11. The highest BCUT2D eigenvalue weighted by molar-refractivity contribution is 5.63. The van der Waals surface area contributed by atoms with Gasteiger partial charge in [0.2, 0.25) is 0 Å². The van der Waals surface area contributed by atoms with Gasteiger partial charge in [0.25, 0.3) is 0 Å². The van der Waals surface area contributed by atoms with E-state index in [9.17, 15) is 4.39 Å². The molecule has 7 nitrogen and oxygen atoms in total. The molecular formula is C27H36FN7. The van der Waals surface area contributed by atoms with Crippen molar-refractivity contribution in [2.24, 2.45) is 15.0 Å². The van der Waals surface area contributed by atoms with Gasteiger partial charge in [0.15, 0.2) is 5.82 Å². The van der Waals surface area contributed by atoms with Crippen LogP contribution in [-0.2, 0) is 6.54 Å². The van der Waals surface area contributed by atoms with Gasteiger partial charge in [0.1, 0.15) is 12.2 Å². The first kappa shape index (κ1) is 29.3. The molecule has 0 saturated carbocycles. The first-order valence-electron chi connectivity index (χ1n) is 11.3. The fourth-order valence-electron chi connectivity index (χ4n) is 2.99. The number of pyridine rings is 2. The molecule has 8 heteroatoms. The van der Waals surface area contributed by atoms with Gasteiger partial charge in [-0.2, -0.15) is 0 Å². The Morgan fingerprint density at radius 3 is 2.54 bits per heavy atom. The molecule has 0 unspecified atom stereocenters. The van der Waals surface area contributed by atoms with Crippen LogP contribution in [-0.4, -0.2) is 43.3 Å². The lowest BCUT2D eigenvalue weighted by molar-refractivity contribution is 0.569. The molecule has 2 N–H and O–H groups in total. The topological polar surface area (TPSA) is 86.9 Å². The fraction of sp³-hybridized carbons (Fsp3) is 0.296. The average molecular weight is 478 g/mol. The summed E-state index contributed by atoms with van der Waals surface area (Å²) in [4.78, 5) is 20.0. The second-order valence-electron chi connectivity index (χ2n) is 7.49. The van der Waals surface area contributed by atoms with Crippen LogP contribution in [0, 0.1) is 13.8 Å². The first-order chi connectivity index (χ1) is 16.9. The third kappa shape index (κ3) is 10.8. The minimum atomic E-state index is -0.325. The van der Waals surface area contributed by atoms with E-state index in [1.54, 1.807) is 25.4 Å². The summed E-state index contributed by atoms with van der Waals surface area (Å²) in [7, 11) is 1.91. The number of hydrogen-bond donors (Lipinski definition) is 2. The first-order valence-corrected chi connectivity index (χ1v) is 11.3. The van der Waals surface area contributed by atoms with Gasteiger partial charge in [-0.05, 0) is 63.7 Å². The molecule has 2 heterocycles. The van der Waals surface area contributed by atoms with Crippen molar-refractivity contribution in [2.75, 3.05) is 13.6 Å². The molecule has 2 rings (SSSR count). The van der Waals surface area contributed by atoms with Crippen molar-refractivity contribution >= 4 is 19.8 Å². The van der Waals surface area contributed by atoms with Crippen LogP contribution in [0.25, 0.3) is 11.3 Å². The Bertz CT molecular complexity index is 1070.